The van der Waals surface area contributed by atoms with E-state index < -0.39 is 5.82 Å². The van der Waals surface area contributed by atoms with Crippen LogP contribution in [0.1, 0.15) is 23.1 Å². The van der Waals surface area contributed by atoms with Crippen LogP contribution in [0.4, 0.5) is 4.39 Å². The van der Waals surface area contributed by atoms with Crippen molar-refractivity contribution in [2.24, 2.45) is 0 Å². The van der Waals surface area contributed by atoms with E-state index in [0.29, 0.717) is 23.4 Å². The maximum atomic E-state index is 13.6. The molecule has 0 unspecified atom stereocenters. The van der Waals surface area contributed by atoms with E-state index in [9.17, 15) is 9.18 Å². The molecule has 0 heterocycles. The van der Waals surface area contributed by atoms with Gasteiger partial charge >= 0.3 is 0 Å². The fourth-order valence-electron chi connectivity index (χ4n) is 2.15. The van der Waals surface area contributed by atoms with Gasteiger partial charge in [0.2, 0.25) is 0 Å². The lowest BCUT2D eigenvalue weighted by Crippen LogP contribution is -2.07. The predicted molar refractivity (Wildman–Crippen MR) is 79.6 cm³/mol. The molecule has 0 N–H and O–H groups in total. The van der Waals surface area contributed by atoms with Gasteiger partial charge in [-0.1, -0.05) is 41.9 Å². The van der Waals surface area contributed by atoms with Gasteiger partial charge in [0.15, 0.2) is 0 Å². The van der Waals surface area contributed by atoms with Crippen molar-refractivity contribution in [3.63, 3.8) is 0 Å². The highest BCUT2D eigenvalue weighted by atomic mass is 35.5. The molecule has 0 radical (unpaired) electrons. The van der Waals surface area contributed by atoms with Crippen LogP contribution in [-0.2, 0) is 17.6 Å². The molecule has 2 aromatic carbocycles. The van der Waals surface area contributed by atoms with Crippen LogP contribution < -0.4 is 0 Å². The van der Waals surface area contributed by atoms with Gasteiger partial charge in [-0.3, -0.25) is 4.79 Å². The number of carbonyl (C=O) groups is 1. The lowest BCUT2D eigenvalue weighted by atomic mass is 9.99. The summed E-state index contributed by atoms with van der Waals surface area (Å²) in [5.74, 6) is -0.415. The lowest BCUT2D eigenvalue weighted by Gasteiger charge is -2.07. The van der Waals surface area contributed by atoms with E-state index in [1.54, 1.807) is 12.1 Å². The molecule has 0 bridgehead atoms. The summed E-state index contributed by atoms with van der Waals surface area (Å²) in [7, 11) is 0. The first-order valence-corrected chi connectivity index (χ1v) is 6.95. The zero-order chi connectivity index (χ0) is 14.5. The number of rotatable bonds is 5. The Kier molecular flexibility index (Phi) is 4.91. The molecular weight excluding hydrogens is 275 g/mol. The van der Waals surface area contributed by atoms with Gasteiger partial charge in [-0.2, -0.15) is 0 Å². The molecule has 0 saturated heterocycles. The molecule has 3 heteroatoms. The van der Waals surface area contributed by atoms with Crippen molar-refractivity contribution >= 4 is 17.4 Å². The molecule has 2 rings (SSSR count). The molecule has 0 aliphatic carbocycles. The number of benzene rings is 2. The Bertz CT molecular complexity index is 602. The van der Waals surface area contributed by atoms with E-state index in [1.165, 1.54) is 11.6 Å². The zero-order valence-electron chi connectivity index (χ0n) is 11.3. The minimum atomic E-state index is -0.415. The first kappa shape index (κ1) is 14.7. The van der Waals surface area contributed by atoms with Crippen LogP contribution in [0.5, 0.6) is 0 Å². The largest absolute Gasteiger partial charge is 0.299 e. The Labute approximate surface area is 123 Å². The van der Waals surface area contributed by atoms with Crippen LogP contribution >= 0.6 is 11.6 Å². The fourth-order valence-corrected chi connectivity index (χ4v) is 2.38. The molecule has 2 aromatic rings. The van der Waals surface area contributed by atoms with Crippen molar-refractivity contribution in [3.8, 4) is 0 Å². The van der Waals surface area contributed by atoms with Crippen molar-refractivity contribution in [2.45, 2.75) is 26.2 Å². The molecule has 0 amide bonds. The van der Waals surface area contributed by atoms with Gasteiger partial charge in [0, 0.05) is 23.4 Å². The summed E-state index contributed by atoms with van der Waals surface area (Å²) in [6, 6.07) is 12.4. The van der Waals surface area contributed by atoms with E-state index in [4.69, 9.17) is 11.6 Å². The topological polar surface area (TPSA) is 17.1 Å². The first-order valence-electron chi connectivity index (χ1n) is 6.57. The normalized spacial score (nSPS) is 10.6. The average Bonchev–Trinajstić information content (AvgIpc) is 2.42. The maximum absolute atomic E-state index is 13.6. The number of hydrogen-bond acceptors (Lipinski definition) is 1. The maximum Gasteiger partial charge on any atom is 0.137 e. The number of halogens is 2. The summed E-state index contributed by atoms with van der Waals surface area (Å²) in [4.78, 5) is 12.0. The minimum absolute atomic E-state index is 0.000234. The van der Waals surface area contributed by atoms with E-state index in [-0.39, 0.29) is 12.2 Å². The highest BCUT2D eigenvalue weighted by Gasteiger charge is 2.12. The Morgan fingerprint density at radius 1 is 1.15 bits per heavy atom. The second-order valence-electron chi connectivity index (χ2n) is 4.84. The van der Waals surface area contributed by atoms with E-state index in [0.717, 1.165) is 5.56 Å². The minimum Gasteiger partial charge on any atom is -0.299 e. The summed E-state index contributed by atoms with van der Waals surface area (Å²) in [5.41, 5.74) is 2.62. The summed E-state index contributed by atoms with van der Waals surface area (Å²) in [6.45, 7) is 2.02. The number of aryl methyl sites for hydroxylation is 2. The third kappa shape index (κ3) is 3.67. The van der Waals surface area contributed by atoms with Gasteiger partial charge in [-0.15, -0.1) is 0 Å². The summed E-state index contributed by atoms with van der Waals surface area (Å²) in [6.07, 6.45) is 1.13. The molecule has 1 nitrogen and oxygen atoms in total. The van der Waals surface area contributed by atoms with Crippen molar-refractivity contribution in [3.05, 3.63) is 70.0 Å². The van der Waals surface area contributed by atoms with Crippen LogP contribution in [0.3, 0.4) is 0 Å². The van der Waals surface area contributed by atoms with Gasteiger partial charge < -0.3 is 0 Å². The van der Waals surface area contributed by atoms with Crippen molar-refractivity contribution in [2.75, 3.05) is 0 Å². The molecule has 0 fully saturated rings. The van der Waals surface area contributed by atoms with E-state index in [1.807, 2.05) is 31.2 Å². The van der Waals surface area contributed by atoms with Gasteiger partial charge in [-0.25, -0.2) is 4.39 Å². The van der Waals surface area contributed by atoms with Crippen molar-refractivity contribution < 1.29 is 9.18 Å². The molecule has 0 aliphatic heterocycles. The van der Waals surface area contributed by atoms with Gasteiger partial charge in [0.05, 0.1) is 0 Å². The predicted octanol–water partition coefficient (Wildman–Crippen LogP) is 4.53. The molecule has 0 saturated carbocycles. The van der Waals surface area contributed by atoms with E-state index in [2.05, 4.69) is 0 Å². The number of Topliss-reactive ketones (excluding diaryl/α,β-unsaturated/α-hetero) is 1. The van der Waals surface area contributed by atoms with Crippen LogP contribution in [0.2, 0.25) is 5.02 Å². The second-order valence-corrected chi connectivity index (χ2v) is 5.25. The number of ketones is 1. The summed E-state index contributed by atoms with van der Waals surface area (Å²) >= 11 is 5.92. The summed E-state index contributed by atoms with van der Waals surface area (Å²) in [5, 5.41) is 0.314. The smallest absolute Gasteiger partial charge is 0.137 e. The van der Waals surface area contributed by atoms with Crippen LogP contribution in [0.25, 0.3) is 0 Å². The number of carbonyl (C=O) groups excluding carboxylic acids is 1. The monoisotopic (exact) mass is 290 g/mol. The standard InChI is InChI=1S/C17H16ClFO/c1-12-5-2-3-6-13(12)9-10-14(20)11-15-16(18)7-4-8-17(15)19/h2-8H,9-11H2,1H3. The Morgan fingerprint density at radius 3 is 2.60 bits per heavy atom. The molecule has 0 spiro atoms. The highest BCUT2D eigenvalue weighted by molar-refractivity contribution is 6.31. The fraction of sp³-hybridized carbons (Fsp3) is 0.235. The highest BCUT2D eigenvalue weighted by Crippen LogP contribution is 2.20. The summed E-state index contributed by atoms with van der Waals surface area (Å²) < 4.78 is 13.6. The zero-order valence-corrected chi connectivity index (χ0v) is 12.1. The third-order valence-corrected chi connectivity index (χ3v) is 3.72. The third-order valence-electron chi connectivity index (χ3n) is 3.37. The Balaban J connectivity index is 1.98. The second kappa shape index (κ2) is 6.67. The van der Waals surface area contributed by atoms with Crippen LogP contribution in [0, 0.1) is 12.7 Å². The molecule has 0 aliphatic rings. The van der Waals surface area contributed by atoms with Gasteiger partial charge in [0.1, 0.15) is 11.6 Å². The lowest BCUT2D eigenvalue weighted by molar-refractivity contribution is -0.118. The van der Waals surface area contributed by atoms with Crippen LogP contribution in [-0.4, -0.2) is 5.78 Å². The Morgan fingerprint density at radius 2 is 1.90 bits per heavy atom. The number of hydrogen-bond donors (Lipinski definition) is 0. The quantitative estimate of drug-likeness (QED) is 0.790. The Hall–Kier alpha value is -1.67. The van der Waals surface area contributed by atoms with Crippen molar-refractivity contribution in [1.29, 1.82) is 0 Å². The molecular formula is C17H16ClFO. The van der Waals surface area contributed by atoms with Gasteiger partial charge in [0.25, 0.3) is 0 Å². The SMILES string of the molecule is Cc1ccccc1CCC(=O)Cc1c(F)cccc1Cl. The molecule has 0 aromatic heterocycles. The van der Waals surface area contributed by atoms with Crippen LogP contribution in [0.15, 0.2) is 42.5 Å². The first-order chi connectivity index (χ1) is 9.58. The van der Waals surface area contributed by atoms with E-state index >= 15 is 0 Å². The molecule has 20 heavy (non-hydrogen) atoms. The molecule has 104 valence electrons. The van der Waals surface area contributed by atoms with Gasteiger partial charge in [-0.05, 0) is 36.6 Å². The van der Waals surface area contributed by atoms with Crippen molar-refractivity contribution in [1.82, 2.24) is 0 Å². The molecule has 0 atom stereocenters. The average molecular weight is 291 g/mol.